The van der Waals surface area contributed by atoms with Crippen LogP contribution in [0.15, 0.2) is 6.07 Å². The molecule has 0 saturated heterocycles. The van der Waals surface area contributed by atoms with E-state index < -0.39 is 0 Å². The second kappa shape index (κ2) is 4.65. The maximum atomic E-state index is 9.90. The molecule has 0 unspecified atom stereocenters. The summed E-state index contributed by atoms with van der Waals surface area (Å²) in [7, 11) is 0. The smallest absolute Gasteiger partial charge is 0.293 e. The Morgan fingerprint density at radius 3 is 2.77 bits per heavy atom. The number of rotatable bonds is 3. The number of carbonyl (C=O) groups excluding carboxylic acids is 1. The molecule has 13 heavy (non-hydrogen) atoms. The van der Waals surface area contributed by atoms with Gasteiger partial charge in [0.15, 0.2) is 0 Å². The molecule has 0 aliphatic heterocycles. The largest absolute Gasteiger partial charge is 0.461 e. The van der Waals surface area contributed by atoms with Crippen LogP contribution in [0.4, 0.5) is 0 Å². The van der Waals surface area contributed by atoms with E-state index in [0.29, 0.717) is 12.2 Å². The Hall–Kier alpha value is -0.510. The number of pyridine rings is 1. The highest BCUT2D eigenvalue weighted by atomic mass is 35.5. The van der Waals surface area contributed by atoms with Gasteiger partial charge in [-0.1, -0.05) is 34.8 Å². The van der Waals surface area contributed by atoms with E-state index in [1.54, 1.807) is 0 Å². The van der Waals surface area contributed by atoms with Crippen LogP contribution in [0.5, 0.6) is 0 Å². The topological polar surface area (TPSA) is 39.2 Å². The highest BCUT2D eigenvalue weighted by Gasteiger charge is 2.08. The van der Waals surface area contributed by atoms with Gasteiger partial charge < -0.3 is 4.74 Å². The minimum absolute atomic E-state index is 0.0391. The molecule has 0 saturated carbocycles. The monoisotopic (exact) mass is 239 g/mol. The van der Waals surface area contributed by atoms with Crippen LogP contribution < -0.4 is 0 Å². The zero-order valence-electron chi connectivity index (χ0n) is 6.26. The van der Waals surface area contributed by atoms with Crippen molar-refractivity contribution in [2.75, 3.05) is 0 Å². The van der Waals surface area contributed by atoms with Crippen LogP contribution in [0.2, 0.25) is 15.2 Å². The van der Waals surface area contributed by atoms with Crippen molar-refractivity contribution < 1.29 is 9.53 Å². The lowest BCUT2D eigenvalue weighted by atomic mass is 10.3. The molecule has 1 aromatic rings. The summed E-state index contributed by atoms with van der Waals surface area (Å²) in [5.41, 5.74) is 0.339. The van der Waals surface area contributed by atoms with Crippen LogP contribution in [0, 0.1) is 0 Å². The predicted octanol–water partition coefficient (Wildman–Crippen LogP) is 2.71. The third-order valence-electron chi connectivity index (χ3n) is 1.24. The Kier molecular flexibility index (Phi) is 3.78. The Bertz CT molecular complexity index is 330. The Morgan fingerprint density at radius 2 is 2.15 bits per heavy atom. The van der Waals surface area contributed by atoms with Crippen LogP contribution in [0.3, 0.4) is 0 Å². The maximum absolute atomic E-state index is 9.90. The van der Waals surface area contributed by atoms with Crippen molar-refractivity contribution in [2.24, 2.45) is 0 Å². The molecule has 0 spiro atoms. The van der Waals surface area contributed by atoms with Gasteiger partial charge in [0, 0.05) is 0 Å². The van der Waals surface area contributed by atoms with E-state index in [1.807, 2.05) is 0 Å². The van der Waals surface area contributed by atoms with Crippen molar-refractivity contribution in [1.82, 2.24) is 4.98 Å². The molecule has 0 amide bonds. The number of hydrogen-bond donors (Lipinski definition) is 0. The van der Waals surface area contributed by atoms with E-state index >= 15 is 0 Å². The lowest BCUT2D eigenvalue weighted by Gasteiger charge is -2.03. The van der Waals surface area contributed by atoms with E-state index in [0.717, 1.165) is 0 Å². The zero-order valence-corrected chi connectivity index (χ0v) is 8.53. The number of hydrogen-bond acceptors (Lipinski definition) is 3. The molecule has 1 aromatic heterocycles. The summed E-state index contributed by atoms with van der Waals surface area (Å²) in [6, 6.07) is 1.41. The van der Waals surface area contributed by atoms with Gasteiger partial charge in [-0.2, -0.15) is 0 Å². The summed E-state index contributed by atoms with van der Waals surface area (Å²) in [6.07, 6.45) is 0. The summed E-state index contributed by atoms with van der Waals surface area (Å²) in [5.74, 6) is 0. The molecule has 0 fully saturated rings. The Morgan fingerprint density at radius 1 is 1.46 bits per heavy atom. The molecule has 0 N–H and O–H groups in total. The van der Waals surface area contributed by atoms with Gasteiger partial charge in [0.25, 0.3) is 6.47 Å². The summed E-state index contributed by atoms with van der Waals surface area (Å²) < 4.78 is 4.47. The number of carbonyl (C=O) groups is 1. The third-order valence-corrected chi connectivity index (χ3v) is 2.25. The van der Waals surface area contributed by atoms with Gasteiger partial charge in [0.1, 0.15) is 11.8 Å². The van der Waals surface area contributed by atoms with Crippen LogP contribution in [-0.2, 0) is 16.1 Å². The van der Waals surface area contributed by atoms with Crippen molar-refractivity contribution in [2.45, 2.75) is 6.61 Å². The fraction of sp³-hybridized carbons (Fsp3) is 0.143. The highest BCUT2D eigenvalue weighted by molar-refractivity contribution is 6.43. The predicted molar refractivity (Wildman–Crippen MR) is 50.1 cm³/mol. The van der Waals surface area contributed by atoms with Crippen molar-refractivity contribution in [3.8, 4) is 0 Å². The molecule has 3 nitrogen and oxygen atoms in total. The summed E-state index contributed by atoms with van der Waals surface area (Å²) in [5, 5.41) is 0.734. The van der Waals surface area contributed by atoms with Crippen LogP contribution in [0.1, 0.15) is 5.69 Å². The molecule has 0 atom stereocenters. The number of halogens is 3. The van der Waals surface area contributed by atoms with E-state index in [1.165, 1.54) is 6.07 Å². The summed E-state index contributed by atoms with van der Waals surface area (Å²) in [4.78, 5) is 13.7. The van der Waals surface area contributed by atoms with Gasteiger partial charge in [0.05, 0.1) is 15.7 Å². The first-order chi connectivity index (χ1) is 6.15. The van der Waals surface area contributed by atoms with Gasteiger partial charge in [-0.15, -0.1) is 0 Å². The Labute approximate surface area is 89.6 Å². The molecule has 1 rings (SSSR count). The van der Waals surface area contributed by atoms with Crippen LogP contribution in [-0.4, -0.2) is 11.5 Å². The fourth-order valence-electron chi connectivity index (χ4n) is 0.725. The third kappa shape index (κ3) is 2.72. The van der Waals surface area contributed by atoms with E-state index in [-0.39, 0.29) is 21.8 Å². The number of nitrogens with zero attached hydrogens (tertiary/aromatic N) is 1. The molecule has 6 heteroatoms. The molecule has 0 aliphatic carbocycles. The van der Waals surface area contributed by atoms with Crippen molar-refractivity contribution in [1.29, 1.82) is 0 Å². The van der Waals surface area contributed by atoms with Gasteiger partial charge in [-0.25, -0.2) is 4.98 Å². The first-order valence-electron chi connectivity index (χ1n) is 3.21. The highest BCUT2D eigenvalue weighted by Crippen LogP contribution is 2.27. The van der Waals surface area contributed by atoms with Gasteiger partial charge >= 0.3 is 0 Å². The molecular weight excluding hydrogens is 236 g/mol. The van der Waals surface area contributed by atoms with E-state index in [4.69, 9.17) is 34.8 Å². The van der Waals surface area contributed by atoms with Gasteiger partial charge in [-0.05, 0) is 6.07 Å². The number of aromatic nitrogens is 1. The molecule has 70 valence electrons. The second-order valence-electron chi connectivity index (χ2n) is 2.09. The lowest BCUT2D eigenvalue weighted by Crippen LogP contribution is -1.96. The average Bonchev–Trinajstić information content (AvgIpc) is 2.09. The van der Waals surface area contributed by atoms with Gasteiger partial charge in [0.2, 0.25) is 0 Å². The minimum atomic E-state index is -0.0391. The molecule has 0 bridgehead atoms. The SMILES string of the molecule is O=COCc1nc(Cl)cc(Cl)c1Cl. The Balaban J connectivity index is 2.98. The molecule has 0 radical (unpaired) electrons. The first kappa shape index (κ1) is 10.6. The van der Waals surface area contributed by atoms with Crippen molar-refractivity contribution in [3.63, 3.8) is 0 Å². The number of ether oxygens (including phenoxy) is 1. The average molecular weight is 240 g/mol. The van der Waals surface area contributed by atoms with Crippen LogP contribution in [0.25, 0.3) is 0 Å². The normalized spacial score (nSPS) is 9.77. The van der Waals surface area contributed by atoms with E-state index in [9.17, 15) is 4.79 Å². The quantitative estimate of drug-likeness (QED) is 0.602. The standard InChI is InChI=1S/C7H4Cl3NO2/c8-4-1-6(9)11-5(7(4)10)2-13-3-12/h1,3H,2H2. The molecule has 0 aliphatic rings. The molecule has 0 aromatic carbocycles. The van der Waals surface area contributed by atoms with Crippen molar-refractivity contribution >= 4 is 41.3 Å². The van der Waals surface area contributed by atoms with Gasteiger partial charge in [-0.3, -0.25) is 4.79 Å². The minimum Gasteiger partial charge on any atom is -0.461 e. The maximum Gasteiger partial charge on any atom is 0.293 e. The second-order valence-corrected chi connectivity index (χ2v) is 3.27. The first-order valence-corrected chi connectivity index (χ1v) is 4.34. The lowest BCUT2D eigenvalue weighted by molar-refractivity contribution is -0.129. The summed E-state index contributed by atoms with van der Waals surface area (Å²) in [6.45, 7) is 0.259. The molecular formula is C7H4Cl3NO2. The van der Waals surface area contributed by atoms with Crippen LogP contribution >= 0.6 is 34.8 Å². The summed E-state index contributed by atoms with van der Waals surface area (Å²) >= 11 is 17.1. The van der Waals surface area contributed by atoms with Crippen molar-refractivity contribution in [3.05, 3.63) is 27.0 Å². The fourth-order valence-corrected chi connectivity index (χ4v) is 1.36. The molecule has 1 heterocycles. The van der Waals surface area contributed by atoms with E-state index in [2.05, 4.69) is 9.72 Å². The zero-order chi connectivity index (χ0) is 9.84.